The first kappa shape index (κ1) is 43.1. The second-order valence-electron chi connectivity index (χ2n) is 17.5. The number of para-hydroxylation sites is 2. The van der Waals surface area contributed by atoms with Crippen molar-refractivity contribution >= 4 is 61.6 Å². The third-order valence-electron chi connectivity index (χ3n) is 9.74. The van der Waals surface area contributed by atoms with E-state index in [-0.39, 0.29) is 5.56 Å². The monoisotopic (exact) mass is 836 g/mol. The number of rotatable bonds is 7. The average molecular weight is 837 g/mol. The van der Waals surface area contributed by atoms with Crippen molar-refractivity contribution in [2.45, 2.75) is 73.0 Å². The number of anilines is 1. The Kier molecular flexibility index (Phi) is 11.9. The highest BCUT2D eigenvalue weighted by atomic mass is 16.6. The molecule has 0 atom stereocenters. The maximum absolute atomic E-state index is 12.5. The third kappa shape index (κ3) is 9.63. The highest BCUT2D eigenvalue weighted by Crippen LogP contribution is 2.30. The quantitative estimate of drug-likeness (QED) is 0.146. The zero-order valence-corrected chi connectivity index (χ0v) is 36.8. The average Bonchev–Trinajstić information content (AvgIpc) is 3.83. The molecule has 0 fully saturated rings. The minimum atomic E-state index is -0.609. The smallest absolute Gasteiger partial charge is 0.435 e. The summed E-state index contributed by atoms with van der Waals surface area (Å²) in [6.45, 7) is 16.7. The van der Waals surface area contributed by atoms with E-state index in [9.17, 15) is 14.4 Å². The summed E-state index contributed by atoms with van der Waals surface area (Å²) >= 11 is 0. The SMILES string of the molecule is Cc1cccc2c(=O)[nH]c(-c3ccc4c(cnn4C(=O)OC(C)(C)C)c3)nc12.Cc1cccc2c(NCCCN(C)C)nc(-c3ccc4c(cnn4C(=O)OC(C)(C)C)c3)nc12. The first-order valence-electron chi connectivity index (χ1n) is 20.4. The van der Waals surface area contributed by atoms with Gasteiger partial charge in [-0.1, -0.05) is 24.3 Å². The zero-order valence-electron chi connectivity index (χ0n) is 36.8. The highest BCUT2D eigenvalue weighted by Gasteiger charge is 2.22. The van der Waals surface area contributed by atoms with Gasteiger partial charge in [-0.2, -0.15) is 19.6 Å². The molecule has 0 aliphatic rings. The van der Waals surface area contributed by atoms with Crippen LogP contribution in [0, 0.1) is 13.8 Å². The molecular weight excluding hydrogens is 785 g/mol. The summed E-state index contributed by atoms with van der Waals surface area (Å²) in [5.41, 5.74) is 5.13. The minimum absolute atomic E-state index is 0.187. The molecule has 0 spiro atoms. The number of aryl methyl sites for hydroxylation is 2. The highest BCUT2D eigenvalue weighted by molar-refractivity contribution is 5.95. The molecule has 0 bridgehead atoms. The number of aromatic amines is 1. The fourth-order valence-corrected chi connectivity index (χ4v) is 6.86. The van der Waals surface area contributed by atoms with Gasteiger partial charge in [-0.3, -0.25) is 4.79 Å². The molecule has 15 heteroatoms. The summed E-state index contributed by atoms with van der Waals surface area (Å²) < 4.78 is 13.4. The second-order valence-corrected chi connectivity index (χ2v) is 17.5. The van der Waals surface area contributed by atoms with Crippen molar-refractivity contribution in [3.63, 3.8) is 0 Å². The maximum atomic E-state index is 12.5. The number of carbonyl (C=O) groups excluding carboxylic acids is 2. The van der Waals surface area contributed by atoms with E-state index < -0.39 is 23.4 Å². The Morgan fingerprint density at radius 3 is 1.81 bits per heavy atom. The van der Waals surface area contributed by atoms with Crippen molar-refractivity contribution in [3.05, 3.63) is 107 Å². The van der Waals surface area contributed by atoms with Crippen LogP contribution in [0.2, 0.25) is 0 Å². The molecule has 0 saturated heterocycles. The summed E-state index contributed by atoms with van der Waals surface area (Å²) in [6.07, 6.45) is 3.22. The maximum Gasteiger partial charge on any atom is 0.435 e. The van der Waals surface area contributed by atoms with Crippen LogP contribution in [0.3, 0.4) is 0 Å². The molecule has 15 nitrogen and oxygen atoms in total. The van der Waals surface area contributed by atoms with Gasteiger partial charge >= 0.3 is 12.2 Å². The van der Waals surface area contributed by atoms with Gasteiger partial charge in [0.15, 0.2) is 5.82 Å². The molecule has 8 aromatic rings. The van der Waals surface area contributed by atoms with E-state index in [2.05, 4.69) is 63.5 Å². The van der Waals surface area contributed by atoms with Crippen LogP contribution < -0.4 is 10.9 Å². The van der Waals surface area contributed by atoms with Crippen molar-refractivity contribution in [3.8, 4) is 22.8 Å². The van der Waals surface area contributed by atoms with Gasteiger partial charge in [0.25, 0.3) is 5.56 Å². The molecule has 0 aliphatic carbocycles. The molecule has 0 unspecified atom stereocenters. The van der Waals surface area contributed by atoms with E-state index in [0.29, 0.717) is 33.6 Å². The Labute approximate surface area is 359 Å². The molecule has 0 saturated carbocycles. The molecular formula is C47H52N10O5. The van der Waals surface area contributed by atoms with E-state index in [1.54, 1.807) is 51.4 Å². The number of hydrogen-bond acceptors (Lipinski definition) is 12. The number of H-pyrrole nitrogens is 1. The number of fused-ring (bicyclic) bond motifs is 4. The van der Waals surface area contributed by atoms with Crippen LogP contribution in [-0.4, -0.2) is 95.0 Å². The van der Waals surface area contributed by atoms with Gasteiger partial charge < -0.3 is 24.7 Å². The normalized spacial score (nSPS) is 11.9. The fraction of sp³-hybridized carbons (Fsp3) is 0.319. The Morgan fingerprint density at radius 2 is 1.24 bits per heavy atom. The summed E-state index contributed by atoms with van der Waals surface area (Å²) in [7, 11) is 4.14. The number of benzene rings is 4. The first-order valence-corrected chi connectivity index (χ1v) is 20.4. The lowest BCUT2D eigenvalue weighted by Gasteiger charge is -2.19. The summed E-state index contributed by atoms with van der Waals surface area (Å²) in [6, 6.07) is 22.8. The van der Waals surface area contributed by atoms with Crippen LogP contribution in [-0.2, 0) is 9.47 Å². The lowest BCUT2D eigenvalue weighted by molar-refractivity contribution is 0.0511. The molecule has 0 amide bonds. The number of carbonyl (C=O) groups is 2. The molecule has 4 aromatic heterocycles. The molecule has 8 rings (SSSR count). The van der Waals surface area contributed by atoms with Crippen LogP contribution in [0.15, 0.2) is 90.0 Å². The number of aromatic nitrogens is 8. The van der Waals surface area contributed by atoms with Crippen molar-refractivity contribution in [2.75, 3.05) is 32.5 Å². The van der Waals surface area contributed by atoms with Gasteiger partial charge in [0.2, 0.25) is 0 Å². The molecule has 62 heavy (non-hydrogen) atoms. The van der Waals surface area contributed by atoms with Crippen molar-refractivity contribution < 1.29 is 19.1 Å². The lowest BCUT2D eigenvalue weighted by Crippen LogP contribution is -2.27. The standard InChI is InChI=1S/C26H32N6O2.C21H20N4O3/c1-17-9-7-10-20-22(17)29-23(30-24(20)27-13-8-14-31(5)6)18-11-12-21-19(15-18)16-28-32(21)25(33)34-26(2,3)4;1-12-6-5-7-15-17(12)23-18(24-19(15)26)13-8-9-16-14(10-13)11-22-25(16)20(27)28-21(2,3)4/h7,9-12,15-16H,8,13-14H2,1-6H3,(H,27,29,30);5-11H,1-4H3,(H,23,24,26). The van der Waals surface area contributed by atoms with Crippen LogP contribution in [0.4, 0.5) is 15.4 Å². The van der Waals surface area contributed by atoms with Crippen LogP contribution in [0.25, 0.3) is 66.4 Å². The topological polar surface area (TPSA) is 175 Å². The van der Waals surface area contributed by atoms with Gasteiger partial charge in [-0.25, -0.2) is 24.5 Å². The van der Waals surface area contributed by atoms with E-state index in [0.717, 1.165) is 69.3 Å². The summed E-state index contributed by atoms with van der Waals surface area (Å²) in [5.74, 6) is 1.93. The van der Waals surface area contributed by atoms with E-state index in [1.807, 2.05) is 70.2 Å². The zero-order chi connectivity index (χ0) is 44.5. The van der Waals surface area contributed by atoms with E-state index in [1.165, 1.54) is 9.36 Å². The molecule has 0 radical (unpaired) electrons. The van der Waals surface area contributed by atoms with E-state index in [4.69, 9.17) is 19.4 Å². The van der Waals surface area contributed by atoms with E-state index >= 15 is 0 Å². The minimum Gasteiger partial charge on any atom is -0.442 e. The molecule has 320 valence electrons. The number of nitrogens with one attached hydrogen (secondary N) is 2. The fourth-order valence-electron chi connectivity index (χ4n) is 6.86. The van der Waals surface area contributed by atoms with Gasteiger partial charge in [-0.05, 0) is 142 Å². The Hall–Kier alpha value is -7.00. The van der Waals surface area contributed by atoms with Crippen LogP contribution in [0.5, 0.6) is 0 Å². The van der Waals surface area contributed by atoms with Crippen molar-refractivity contribution in [1.82, 2.24) is 44.4 Å². The predicted molar refractivity (Wildman–Crippen MR) is 244 cm³/mol. The largest absolute Gasteiger partial charge is 0.442 e. The summed E-state index contributed by atoms with van der Waals surface area (Å²) in [5, 5.41) is 15.0. The van der Waals surface area contributed by atoms with Crippen LogP contribution in [0.1, 0.15) is 59.1 Å². The van der Waals surface area contributed by atoms with Gasteiger partial charge in [0.05, 0.1) is 39.8 Å². The molecule has 0 aliphatic heterocycles. The Balaban J connectivity index is 0.000000190. The predicted octanol–water partition coefficient (Wildman–Crippen LogP) is 9.13. The van der Waals surface area contributed by atoms with Crippen molar-refractivity contribution in [2.24, 2.45) is 0 Å². The van der Waals surface area contributed by atoms with Gasteiger partial charge in [0, 0.05) is 33.8 Å². The van der Waals surface area contributed by atoms with Crippen molar-refractivity contribution in [1.29, 1.82) is 0 Å². The second kappa shape index (κ2) is 17.2. The number of nitrogens with zero attached hydrogens (tertiary/aromatic N) is 8. The molecule has 2 N–H and O–H groups in total. The summed E-state index contributed by atoms with van der Waals surface area (Å²) in [4.78, 5) is 56.7. The third-order valence-corrected chi connectivity index (χ3v) is 9.74. The number of hydrogen-bond donors (Lipinski definition) is 2. The Morgan fingerprint density at radius 1 is 0.710 bits per heavy atom. The molecule has 4 aromatic carbocycles. The van der Waals surface area contributed by atoms with Gasteiger partial charge in [-0.15, -0.1) is 0 Å². The van der Waals surface area contributed by atoms with Crippen LogP contribution >= 0.6 is 0 Å². The van der Waals surface area contributed by atoms with Gasteiger partial charge in [0.1, 0.15) is 22.8 Å². The number of ether oxygens (including phenoxy) is 2. The first-order chi connectivity index (χ1) is 29.3. The Bertz CT molecular complexity index is 3020. The lowest BCUT2D eigenvalue weighted by atomic mass is 10.1. The molecule has 4 heterocycles.